The Morgan fingerprint density at radius 1 is 1.42 bits per heavy atom. The van der Waals surface area contributed by atoms with Crippen LogP contribution in [0.15, 0.2) is 39.7 Å². The zero-order valence-electron chi connectivity index (χ0n) is 10.8. The number of carbonyl (C=O) groups excluding carboxylic acids is 1. The largest absolute Gasteiger partial charge is 0.463 e. The summed E-state index contributed by atoms with van der Waals surface area (Å²) in [7, 11) is 0. The van der Waals surface area contributed by atoms with Gasteiger partial charge in [-0.05, 0) is 37.6 Å². The van der Waals surface area contributed by atoms with Gasteiger partial charge >= 0.3 is 5.97 Å². The van der Waals surface area contributed by atoms with Gasteiger partial charge in [0.2, 0.25) is 0 Å². The van der Waals surface area contributed by atoms with Gasteiger partial charge in [-0.3, -0.25) is 4.79 Å². The van der Waals surface area contributed by atoms with Gasteiger partial charge in [-0.2, -0.15) is 0 Å². The minimum Gasteiger partial charge on any atom is -0.463 e. The van der Waals surface area contributed by atoms with Crippen LogP contribution in [0.25, 0.3) is 17.0 Å². The first-order valence-electron chi connectivity index (χ1n) is 5.99. The quantitative estimate of drug-likeness (QED) is 0.627. The average molecular weight is 258 g/mol. The van der Waals surface area contributed by atoms with Crippen LogP contribution in [0.4, 0.5) is 0 Å². The maximum atomic E-state index is 12.1. The molecular formula is C15H14O4. The van der Waals surface area contributed by atoms with Crippen molar-refractivity contribution in [2.75, 3.05) is 6.61 Å². The van der Waals surface area contributed by atoms with Crippen molar-refractivity contribution in [3.8, 4) is 0 Å². The molecule has 0 bridgehead atoms. The highest BCUT2D eigenvalue weighted by Gasteiger charge is 2.05. The molecule has 0 aliphatic carbocycles. The second kappa shape index (κ2) is 5.52. The van der Waals surface area contributed by atoms with E-state index in [1.165, 1.54) is 18.4 Å². The molecule has 0 aliphatic heterocycles. The molecule has 0 unspecified atom stereocenters. The SMILES string of the molecule is CCOC(=O)C=Cc1coc2cc(C)ccc2c1=O. The lowest BCUT2D eigenvalue weighted by Crippen LogP contribution is -2.06. The Bertz CT molecular complexity index is 695. The summed E-state index contributed by atoms with van der Waals surface area (Å²) in [6.45, 7) is 3.95. The molecule has 0 radical (unpaired) electrons. The number of ether oxygens (including phenoxy) is 1. The molecule has 0 atom stereocenters. The molecule has 2 rings (SSSR count). The van der Waals surface area contributed by atoms with E-state index in [0.29, 0.717) is 23.1 Å². The van der Waals surface area contributed by atoms with Gasteiger partial charge in [0.05, 0.1) is 17.6 Å². The number of esters is 1. The van der Waals surface area contributed by atoms with Crippen LogP contribution >= 0.6 is 0 Å². The number of aryl methyl sites for hydroxylation is 1. The van der Waals surface area contributed by atoms with Crippen LogP contribution in [-0.2, 0) is 9.53 Å². The molecule has 1 aromatic carbocycles. The first-order valence-corrected chi connectivity index (χ1v) is 5.99. The van der Waals surface area contributed by atoms with Gasteiger partial charge in [-0.15, -0.1) is 0 Å². The summed E-state index contributed by atoms with van der Waals surface area (Å²) in [5.41, 5.74) is 1.72. The van der Waals surface area contributed by atoms with Crippen molar-refractivity contribution < 1.29 is 13.9 Å². The fourth-order valence-corrected chi connectivity index (χ4v) is 1.71. The number of rotatable bonds is 3. The molecule has 4 heteroatoms. The van der Waals surface area contributed by atoms with Crippen molar-refractivity contribution in [2.24, 2.45) is 0 Å². The number of fused-ring (bicyclic) bond motifs is 1. The molecule has 19 heavy (non-hydrogen) atoms. The molecule has 98 valence electrons. The Morgan fingerprint density at radius 2 is 2.21 bits per heavy atom. The highest BCUT2D eigenvalue weighted by molar-refractivity contribution is 5.88. The van der Waals surface area contributed by atoms with Crippen LogP contribution in [0.2, 0.25) is 0 Å². The Kier molecular flexibility index (Phi) is 3.80. The van der Waals surface area contributed by atoms with Gasteiger partial charge in [-0.1, -0.05) is 6.07 Å². The zero-order valence-corrected chi connectivity index (χ0v) is 10.8. The van der Waals surface area contributed by atoms with Gasteiger partial charge in [0, 0.05) is 6.08 Å². The molecule has 0 N–H and O–H groups in total. The van der Waals surface area contributed by atoms with Crippen molar-refractivity contribution in [3.05, 3.63) is 51.9 Å². The van der Waals surface area contributed by atoms with E-state index in [0.717, 1.165) is 5.56 Å². The minimum atomic E-state index is -0.481. The smallest absolute Gasteiger partial charge is 0.330 e. The lowest BCUT2D eigenvalue weighted by molar-refractivity contribution is -0.137. The van der Waals surface area contributed by atoms with Crippen LogP contribution < -0.4 is 5.43 Å². The topological polar surface area (TPSA) is 56.5 Å². The molecule has 0 aliphatic rings. The fourth-order valence-electron chi connectivity index (χ4n) is 1.71. The Hall–Kier alpha value is -2.36. The Balaban J connectivity index is 2.41. The second-order valence-corrected chi connectivity index (χ2v) is 4.11. The second-order valence-electron chi connectivity index (χ2n) is 4.11. The van der Waals surface area contributed by atoms with Gasteiger partial charge in [0.15, 0.2) is 5.43 Å². The summed E-state index contributed by atoms with van der Waals surface area (Å²) < 4.78 is 10.1. The first kappa shape index (κ1) is 13.1. The highest BCUT2D eigenvalue weighted by Crippen LogP contribution is 2.13. The molecule has 0 amide bonds. The summed E-state index contributed by atoms with van der Waals surface area (Å²) >= 11 is 0. The summed E-state index contributed by atoms with van der Waals surface area (Å²) in [6.07, 6.45) is 3.97. The van der Waals surface area contributed by atoms with Gasteiger partial charge < -0.3 is 9.15 Å². The third-order valence-corrected chi connectivity index (χ3v) is 2.64. The standard InChI is InChI=1S/C15H14O4/c1-3-18-14(16)7-5-11-9-19-13-8-10(2)4-6-12(13)15(11)17/h4-9H,3H2,1-2H3. The van der Waals surface area contributed by atoms with E-state index in [9.17, 15) is 9.59 Å². The van der Waals surface area contributed by atoms with E-state index in [2.05, 4.69) is 0 Å². The van der Waals surface area contributed by atoms with E-state index in [1.807, 2.05) is 13.0 Å². The van der Waals surface area contributed by atoms with Crippen LogP contribution in [0.5, 0.6) is 0 Å². The van der Waals surface area contributed by atoms with E-state index in [-0.39, 0.29) is 5.43 Å². The predicted molar refractivity (Wildman–Crippen MR) is 72.9 cm³/mol. The molecule has 1 aromatic heterocycles. The molecule has 0 fully saturated rings. The van der Waals surface area contributed by atoms with E-state index < -0.39 is 5.97 Å². The minimum absolute atomic E-state index is 0.165. The zero-order chi connectivity index (χ0) is 13.8. The van der Waals surface area contributed by atoms with E-state index in [1.54, 1.807) is 19.1 Å². The van der Waals surface area contributed by atoms with Gasteiger partial charge in [0.25, 0.3) is 0 Å². The maximum absolute atomic E-state index is 12.1. The number of hydrogen-bond donors (Lipinski definition) is 0. The molecule has 0 saturated carbocycles. The lowest BCUT2D eigenvalue weighted by atomic mass is 10.1. The summed E-state index contributed by atoms with van der Waals surface area (Å²) in [5.74, 6) is -0.481. The van der Waals surface area contributed by atoms with Crippen LogP contribution in [-0.4, -0.2) is 12.6 Å². The van der Waals surface area contributed by atoms with Crippen LogP contribution in [0, 0.1) is 6.92 Å². The van der Waals surface area contributed by atoms with E-state index >= 15 is 0 Å². The Labute approximate surface area is 110 Å². The third kappa shape index (κ3) is 2.91. The summed E-state index contributed by atoms with van der Waals surface area (Å²) in [4.78, 5) is 23.3. The highest BCUT2D eigenvalue weighted by atomic mass is 16.5. The predicted octanol–water partition coefficient (Wildman–Crippen LogP) is 2.68. The first-order chi connectivity index (χ1) is 9.11. The van der Waals surface area contributed by atoms with Crippen molar-refractivity contribution in [2.45, 2.75) is 13.8 Å². The van der Waals surface area contributed by atoms with Crippen molar-refractivity contribution >= 4 is 23.0 Å². The molecule has 2 aromatic rings. The number of carbonyl (C=O) groups is 1. The molecule has 0 spiro atoms. The van der Waals surface area contributed by atoms with Crippen molar-refractivity contribution in [1.29, 1.82) is 0 Å². The van der Waals surface area contributed by atoms with Crippen molar-refractivity contribution in [3.63, 3.8) is 0 Å². The normalized spacial score (nSPS) is 11.1. The lowest BCUT2D eigenvalue weighted by Gasteiger charge is -1.99. The summed E-state index contributed by atoms with van der Waals surface area (Å²) in [5, 5.41) is 0.497. The van der Waals surface area contributed by atoms with Gasteiger partial charge in [0.1, 0.15) is 11.8 Å². The maximum Gasteiger partial charge on any atom is 0.330 e. The Morgan fingerprint density at radius 3 is 2.95 bits per heavy atom. The van der Waals surface area contributed by atoms with E-state index in [4.69, 9.17) is 9.15 Å². The average Bonchev–Trinajstić information content (AvgIpc) is 2.38. The summed E-state index contributed by atoms with van der Waals surface area (Å²) in [6, 6.07) is 5.37. The van der Waals surface area contributed by atoms with Gasteiger partial charge in [-0.25, -0.2) is 4.79 Å². The molecule has 1 heterocycles. The third-order valence-electron chi connectivity index (χ3n) is 2.64. The molecular weight excluding hydrogens is 244 g/mol. The van der Waals surface area contributed by atoms with Crippen molar-refractivity contribution in [1.82, 2.24) is 0 Å². The number of benzene rings is 1. The fraction of sp³-hybridized carbons (Fsp3) is 0.200. The van der Waals surface area contributed by atoms with Crippen LogP contribution in [0.3, 0.4) is 0 Å². The number of hydrogen-bond acceptors (Lipinski definition) is 4. The molecule has 4 nitrogen and oxygen atoms in total. The van der Waals surface area contributed by atoms with Crippen LogP contribution in [0.1, 0.15) is 18.1 Å². The monoisotopic (exact) mass is 258 g/mol. The molecule has 0 saturated heterocycles.